The summed E-state index contributed by atoms with van der Waals surface area (Å²) in [5.74, 6) is -6.11. The summed E-state index contributed by atoms with van der Waals surface area (Å²) in [6, 6.07) is 23.2. The lowest BCUT2D eigenvalue weighted by Crippen LogP contribution is -2.62. The summed E-state index contributed by atoms with van der Waals surface area (Å²) in [7, 11) is 0. The van der Waals surface area contributed by atoms with E-state index in [0.29, 0.717) is 35.1 Å². The molecule has 0 saturated heterocycles. The number of carbonyl (C=O) groups excluding carboxylic acids is 8. The van der Waals surface area contributed by atoms with E-state index in [0.717, 1.165) is 21.8 Å². The van der Waals surface area contributed by atoms with Crippen LogP contribution in [0.25, 0.3) is 21.8 Å². The number of fused-ring (bicyclic) bond motifs is 2. The Morgan fingerprint density at radius 3 is 1.47 bits per heavy atom. The monoisotopic (exact) mass is 1100 g/mol. The van der Waals surface area contributed by atoms with Crippen molar-refractivity contribution in [2.24, 2.45) is 17.2 Å². The van der Waals surface area contributed by atoms with Gasteiger partial charge >= 0.3 is 0 Å². The number of H-pyrrole nitrogens is 2. The number of para-hydroxylation sites is 2. The second kappa shape index (κ2) is 29.6. The predicted octanol–water partition coefficient (Wildman–Crippen LogP) is 0.929. The lowest BCUT2D eigenvalue weighted by molar-refractivity contribution is -0.140. The molecule has 0 bridgehead atoms. The van der Waals surface area contributed by atoms with Crippen LogP contribution >= 0.6 is 12.6 Å². The summed E-state index contributed by atoms with van der Waals surface area (Å²) in [4.78, 5) is 120. The van der Waals surface area contributed by atoms with Crippen molar-refractivity contribution in [3.63, 3.8) is 0 Å². The van der Waals surface area contributed by atoms with Crippen LogP contribution < -0.4 is 49.1 Å². The van der Waals surface area contributed by atoms with E-state index < -0.39 is 102 Å². The molecule has 21 nitrogen and oxygen atoms in total. The summed E-state index contributed by atoms with van der Waals surface area (Å²) in [5.41, 5.74) is 21.5. The number of thiol groups is 1. The maximum Gasteiger partial charge on any atom is 0.245 e. The molecule has 6 aromatic rings. The quantitative estimate of drug-likeness (QED) is 0.0222. The fourth-order valence-corrected chi connectivity index (χ4v) is 9.35. The Balaban J connectivity index is 1.31. The van der Waals surface area contributed by atoms with Gasteiger partial charge in [0.15, 0.2) is 0 Å². The molecule has 420 valence electrons. The van der Waals surface area contributed by atoms with Gasteiger partial charge in [-0.05, 0) is 74.0 Å². The number of aromatic nitrogens is 2. The molecule has 6 rings (SSSR count). The van der Waals surface area contributed by atoms with Gasteiger partial charge in [0.05, 0.1) is 18.7 Å². The van der Waals surface area contributed by atoms with Crippen LogP contribution in [-0.2, 0) is 64.0 Å². The Morgan fingerprint density at radius 2 is 1.00 bits per heavy atom. The summed E-state index contributed by atoms with van der Waals surface area (Å²) >= 11 is 4.17. The lowest BCUT2D eigenvalue weighted by atomic mass is 10.00. The van der Waals surface area contributed by atoms with Crippen molar-refractivity contribution in [1.29, 1.82) is 0 Å². The van der Waals surface area contributed by atoms with Crippen molar-refractivity contribution in [3.05, 3.63) is 144 Å². The van der Waals surface area contributed by atoms with E-state index in [1.165, 1.54) is 11.8 Å². The highest BCUT2D eigenvalue weighted by Crippen LogP contribution is 2.22. The number of primary amides is 1. The average molecular weight is 1100 g/mol. The Kier molecular flexibility index (Phi) is 22.6. The normalized spacial score (nSPS) is 14.3. The molecule has 0 saturated carbocycles. The molecule has 0 fully saturated rings. The molecule has 15 N–H and O–H groups in total. The topological polar surface area (TPSA) is 342 Å². The van der Waals surface area contributed by atoms with E-state index >= 15 is 4.79 Å². The van der Waals surface area contributed by atoms with Gasteiger partial charge in [-0.1, -0.05) is 97.1 Å². The minimum atomic E-state index is -1.65. The Hall–Kier alpha value is -8.05. The minimum Gasteiger partial charge on any atom is -0.391 e. The number of nitrogens with two attached hydrogens (primary N) is 3. The number of unbranched alkanes of at least 4 members (excludes halogenated alkanes) is 1. The second-order valence-electron chi connectivity index (χ2n) is 19.4. The van der Waals surface area contributed by atoms with Crippen molar-refractivity contribution in [3.8, 4) is 0 Å². The smallest absolute Gasteiger partial charge is 0.245 e. The number of nitrogens with zero attached hydrogens (tertiary/aromatic N) is 1. The largest absolute Gasteiger partial charge is 0.391 e. The van der Waals surface area contributed by atoms with Crippen LogP contribution in [0.1, 0.15) is 55.4 Å². The van der Waals surface area contributed by atoms with E-state index in [9.17, 15) is 38.7 Å². The van der Waals surface area contributed by atoms with Crippen LogP contribution in [0, 0.1) is 0 Å². The number of benzene rings is 4. The minimum absolute atomic E-state index is 0.000340. The molecule has 0 aliphatic heterocycles. The number of hydrogen-bond donors (Lipinski definition) is 13. The molecule has 2 heterocycles. The van der Waals surface area contributed by atoms with E-state index in [-0.39, 0.29) is 50.9 Å². The predicted molar refractivity (Wildman–Crippen MR) is 304 cm³/mol. The molecule has 0 spiro atoms. The second-order valence-corrected chi connectivity index (χ2v) is 19.8. The Morgan fingerprint density at radius 1 is 0.570 bits per heavy atom. The third kappa shape index (κ3) is 17.2. The van der Waals surface area contributed by atoms with Crippen LogP contribution in [0.4, 0.5) is 0 Å². The fraction of sp³-hybridized carbons (Fsp3) is 0.368. The molecule has 22 heteroatoms. The van der Waals surface area contributed by atoms with Gasteiger partial charge in [-0.3, -0.25) is 38.4 Å². The Bertz CT molecular complexity index is 3030. The highest BCUT2D eigenvalue weighted by atomic mass is 32.1. The number of aliphatic hydroxyl groups excluding tert-OH is 1. The first-order valence-electron chi connectivity index (χ1n) is 26.3. The van der Waals surface area contributed by atoms with Gasteiger partial charge < -0.3 is 69.1 Å². The van der Waals surface area contributed by atoms with Crippen molar-refractivity contribution in [2.75, 3.05) is 25.4 Å². The summed E-state index contributed by atoms with van der Waals surface area (Å²) in [6.07, 6.45) is 2.53. The highest BCUT2D eigenvalue weighted by molar-refractivity contribution is 7.80. The van der Waals surface area contributed by atoms with E-state index in [4.69, 9.17) is 17.2 Å². The van der Waals surface area contributed by atoms with Crippen LogP contribution in [-0.4, -0.2) is 141 Å². The molecule has 79 heavy (non-hydrogen) atoms. The molecule has 0 unspecified atom stereocenters. The molecule has 2 aromatic heterocycles. The zero-order valence-electron chi connectivity index (χ0n) is 44.3. The molecule has 0 aliphatic rings. The number of rotatable bonds is 30. The SMILES string of the molecule is CCN(CC(N)=O)C(=O)[C@H](Cc1ccccc1)NC(=O)[C@@H](NC(=O)[C@H](CCCCN)NC(=O)[C@H](Cc1c[nH]c2ccccc12)NC(=O)[C@H](Cc1c[nH]c2ccccc12)NC(=O)[C@H](Cc1ccccc1)NC(=O)[C@@H](N)CS)[C@@H](C)O. The highest BCUT2D eigenvalue weighted by Gasteiger charge is 2.36. The Labute approximate surface area is 463 Å². The van der Waals surface area contributed by atoms with Crippen molar-refractivity contribution in [2.45, 2.75) is 107 Å². The first-order valence-corrected chi connectivity index (χ1v) is 26.9. The molecular formula is C57H72N12O9S. The van der Waals surface area contributed by atoms with Crippen molar-refractivity contribution < 1.29 is 43.5 Å². The lowest BCUT2D eigenvalue weighted by Gasteiger charge is -2.30. The molecule has 8 atom stereocenters. The summed E-state index contributed by atoms with van der Waals surface area (Å²) in [6.45, 7) is 2.85. The number of nitrogens with one attached hydrogen (secondary N) is 8. The summed E-state index contributed by atoms with van der Waals surface area (Å²) in [5, 5.41) is 29.1. The van der Waals surface area contributed by atoms with E-state index in [2.05, 4.69) is 54.5 Å². The number of aliphatic hydroxyl groups is 1. The third-order valence-electron chi connectivity index (χ3n) is 13.5. The van der Waals surface area contributed by atoms with Gasteiger partial charge in [0, 0.05) is 72.2 Å². The number of likely N-dealkylation sites (N-methyl/N-ethyl adjacent to an activating group) is 1. The zero-order chi connectivity index (χ0) is 57.0. The van der Waals surface area contributed by atoms with Gasteiger partial charge in [-0.15, -0.1) is 0 Å². The van der Waals surface area contributed by atoms with Gasteiger partial charge in [-0.25, -0.2) is 0 Å². The molecule has 0 aliphatic carbocycles. The van der Waals surface area contributed by atoms with Crippen LogP contribution in [0.3, 0.4) is 0 Å². The third-order valence-corrected chi connectivity index (χ3v) is 13.9. The first kappa shape index (κ1) is 60.2. The van der Waals surface area contributed by atoms with Crippen molar-refractivity contribution >= 4 is 81.7 Å². The number of hydrogen-bond acceptors (Lipinski definition) is 12. The molecule has 0 radical (unpaired) electrons. The van der Waals surface area contributed by atoms with Crippen LogP contribution in [0.5, 0.6) is 0 Å². The molecule has 4 aromatic carbocycles. The number of amides is 8. The summed E-state index contributed by atoms with van der Waals surface area (Å²) < 4.78 is 0. The van der Waals surface area contributed by atoms with Gasteiger partial charge in [0.2, 0.25) is 47.3 Å². The first-order chi connectivity index (χ1) is 38.0. The van der Waals surface area contributed by atoms with Gasteiger partial charge in [0.25, 0.3) is 0 Å². The fourth-order valence-electron chi connectivity index (χ4n) is 9.18. The molecular weight excluding hydrogens is 1030 g/mol. The van der Waals surface area contributed by atoms with Crippen molar-refractivity contribution in [1.82, 2.24) is 46.8 Å². The maximum absolute atomic E-state index is 15.0. The molecule has 8 amide bonds. The van der Waals surface area contributed by atoms with E-state index in [1.54, 1.807) is 73.9 Å². The zero-order valence-corrected chi connectivity index (χ0v) is 45.2. The number of carbonyl (C=O) groups is 8. The van der Waals surface area contributed by atoms with Crippen LogP contribution in [0.15, 0.2) is 122 Å². The maximum atomic E-state index is 15.0. The van der Waals surface area contributed by atoms with Gasteiger partial charge in [0.1, 0.15) is 36.3 Å². The van der Waals surface area contributed by atoms with E-state index in [1.807, 2.05) is 54.6 Å². The number of aromatic amines is 2. The standard InChI is InChI=1S/C57H72N12O9S/c1-3-69(32-49(60)71)57(78)48(27-36-18-8-5-9-19-36)67-56(77)50(34(2)70)68-52(73)44(24-14-15-25-58)63-54(75)46(28-37-30-61-42-22-12-10-20-39(37)42)66-55(76)47(29-38-31-62-43-23-13-11-21-40(38)43)65-53(74)45(64-51(72)41(59)33-79)26-35-16-6-4-7-17-35/h4-13,16-23,30-31,34,41,44-48,50,61-62,70,79H,3,14-15,24-29,32-33,58-59H2,1-2H3,(H2,60,71)(H,63,75)(H,64,72)(H,65,74)(H,66,76)(H,67,77)(H,68,73)/t34-,41+,44+,45+,46+,47+,48+,50+/m1/s1. The van der Waals surface area contributed by atoms with Crippen LogP contribution in [0.2, 0.25) is 0 Å². The average Bonchev–Trinajstić information content (AvgIpc) is 4.06. The van der Waals surface area contributed by atoms with Gasteiger partial charge in [-0.2, -0.15) is 12.6 Å².